The molecule has 1 fully saturated rings. The normalized spacial score (nSPS) is 13.8. The van der Waals surface area contributed by atoms with Crippen molar-refractivity contribution in [3.63, 3.8) is 0 Å². The lowest BCUT2D eigenvalue weighted by molar-refractivity contribution is -0.133. The van der Waals surface area contributed by atoms with E-state index in [1.54, 1.807) is 28.0 Å². The number of hydrogen-bond donors (Lipinski definition) is 2. The maximum atomic E-state index is 14.8. The number of nitrogens with one attached hydrogen (secondary N) is 1. The fourth-order valence-electron chi connectivity index (χ4n) is 4.71. The van der Waals surface area contributed by atoms with Gasteiger partial charge >= 0.3 is 0 Å². The van der Waals surface area contributed by atoms with Gasteiger partial charge in [0, 0.05) is 51.1 Å². The number of halogens is 1. The van der Waals surface area contributed by atoms with Gasteiger partial charge in [-0.25, -0.2) is 9.49 Å². The van der Waals surface area contributed by atoms with Crippen molar-refractivity contribution in [3.05, 3.63) is 75.5 Å². The quantitative estimate of drug-likeness (QED) is 0.290. The van der Waals surface area contributed by atoms with Gasteiger partial charge < -0.3 is 25.0 Å². The van der Waals surface area contributed by atoms with E-state index >= 15 is 0 Å². The Hall–Kier alpha value is -3.71. The zero-order valence-corrected chi connectivity index (χ0v) is 23.3. The van der Waals surface area contributed by atoms with E-state index in [1.807, 2.05) is 24.1 Å². The van der Waals surface area contributed by atoms with E-state index in [4.69, 9.17) is 15.2 Å². The molecule has 2 aromatic carbocycles. The van der Waals surface area contributed by atoms with Gasteiger partial charge in [-0.05, 0) is 30.8 Å². The highest BCUT2D eigenvalue weighted by molar-refractivity contribution is 5.95. The molecule has 0 unspecified atom stereocenters. The maximum absolute atomic E-state index is 14.8. The van der Waals surface area contributed by atoms with E-state index < -0.39 is 11.7 Å². The summed E-state index contributed by atoms with van der Waals surface area (Å²) >= 11 is 0. The van der Waals surface area contributed by atoms with Crippen molar-refractivity contribution in [2.24, 2.45) is 5.73 Å². The van der Waals surface area contributed by atoms with Crippen LogP contribution in [0.2, 0.25) is 0 Å². The molecule has 2 amide bonds. The highest BCUT2D eigenvalue weighted by atomic mass is 19.1. The molecule has 0 atom stereocenters. The molecule has 2 heterocycles. The highest BCUT2D eigenvalue weighted by Gasteiger charge is 2.27. The first-order valence-corrected chi connectivity index (χ1v) is 13.7. The van der Waals surface area contributed by atoms with Gasteiger partial charge in [0.25, 0.3) is 11.5 Å². The van der Waals surface area contributed by atoms with Crippen LogP contribution in [-0.2, 0) is 20.7 Å². The fourth-order valence-corrected chi connectivity index (χ4v) is 4.71. The average molecular weight is 569 g/mol. The topological polar surface area (TPSA) is 134 Å². The molecule has 0 aliphatic carbocycles. The van der Waals surface area contributed by atoms with E-state index in [2.05, 4.69) is 10.2 Å². The summed E-state index contributed by atoms with van der Waals surface area (Å²) in [6.07, 6.45) is 0.320. The number of aromatic nitrogens is 2. The lowest BCUT2D eigenvalue weighted by Gasteiger charge is -2.35. The van der Waals surface area contributed by atoms with Crippen LogP contribution in [0.4, 0.5) is 4.39 Å². The van der Waals surface area contributed by atoms with Crippen LogP contribution in [0.25, 0.3) is 10.8 Å². The molecule has 12 heteroatoms. The highest BCUT2D eigenvalue weighted by Crippen LogP contribution is 2.20. The second kappa shape index (κ2) is 14.8. The number of nitrogens with two attached hydrogens (primary N) is 1. The summed E-state index contributed by atoms with van der Waals surface area (Å²) in [5.74, 6) is -1.05. The summed E-state index contributed by atoms with van der Waals surface area (Å²) < 4.78 is 25.5. The fraction of sp³-hybridized carbons (Fsp3) is 0.448. The number of hydrogen-bond acceptors (Lipinski definition) is 8. The van der Waals surface area contributed by atoms with Gasteiger partial charge in [0.15, 0.2) is 0 Å². The predicted octanol–water partition coefficient (Wildman–Crippen LogP) is 0.861. The predicted molar refractivity (Wildman–Crippen MR) is 152 cm³/mol. The van der Waals surface area contributed by atoms with Gasteiger partial charge in [0.2, 0.25) is 5.91 Å². The number of fused-ring (bicyclic) bond motifs is 1. The second-order valence-corrected chi connectivity index (χ2v) is 9.96. The van der Waals surface area contributed by atoms with E-state index in [1.165, 1.54) is 12.1 Å². The third kappa shape index (κ3) is 8.17. The molecule has 0 saturated carbocycles. The smallest absolute Gasteiger partial charge is 0.272 e. The molecule has 1 saturated heterocycles. The molecule has 3 N–H and O–H groups in total. The lowest BCUT2D eigenvalue weighted by atomic mass is 10.0. The Morgan fingerprint density at radius 1 is 1.00 bits per heavy atom. The van der Waals surface area contributed by atoms with Crippen LogP contribution in [0.5, 0.6) is 0 Å². The molecular formula is C29H37FN6O5. The minimum Gasteiger partial charge on any atom is -0.378 e. The zero-order valence-electron chi connectivity index (χ0n) is 23.3. The minimum absolute atomic E-state index is 0.0239. The molecule has 0 spiro atoms. The van der Waals surface area contributed by atoms with Crippen LogP contribution in [0, 0.1) is 5.82 Å². The van der Waals surface area contributed by atoms with Crippen molar-refractivity contribution in [1.82, 2.24) is 24.9 Å². The number of piperazine rings is 1. The van der Waals surface area contributed by atoms with Crippen LogP contribution < -0.4 is 11.3 Å². The Morgan fingerprint density at radius 2 is 1.68 bits per heavy atom. The number of aromatic amines is 1. The van der Waals surface area contributed by atoms with Crippen LogP contribution in [-0.4, -0.2) is 116 Å². The van der Waals surface area contributed by atoms with Crippen LogP contribution >= 0.6 is 0 Å². The van der Waals surface area contributed by atoms with Gasteiger partial charge in [-0.15, -0.1) is 0 Å². The van der Waals surface area contributed by atoms with Gasteiger partial charge in [0.05, 0.1) is 49.6 Å². The van der Waals surface area contributed by atoms with Crippen LogP contribution in [0.15, 0.2) is 47.3 Å². The first kappa shape index (κ1) is 30.3. The standard InChI is InChI=1S/C29H37FN6O5/c1-34(13-15-41-17-16-40-14-8-31)20-27(37)35-9-11-36(12-10-35)29(39)24-18-21(6-7-25(24)30)19-26-22-4-2-3-5-23(22)28(38)33-32-26/h2-7,18H,8-17,19-20,31H2,1H3,(H,33,38). The van der Waals surface area contributed by atoms with Gasteiger partial charge in [-0.3, -0.25) is 19.3 Å². The van der Waals surface area contributed by atoms with Crippen LogP contribution in [0.1, 0.15) is 21.6 Å². The number of carbonyl (C=O) groups excluding carboxylic acids is 2. The summed E-state index contributed by atoms with van der Waals surface area (Å²) in [6, 6.07) is 11.6. The second-order valence-electron chi connectivity index (χ2n) is 9.96. The minimum atomic E-state index is -0.605. The Balaban J connectivity index is 1.28. The maximum Gasteiger partial charge on any atom is 0.272 e. The van der Waals surface area contributed by atoms with E-state index in [-0.39, 0.29) is 23.6 Å². The Morgan fingerprint density at radius 3 is 2.41 bits per heavy atom. The first-order valence-electron chi connectivity index (χ1n) is 13.7. The van der Waals surface area contributed by atoms with Gasteiger partial charge in [-0.2, -0.15) is 5.10 Å². The molecular weight excluding hydrogens is 531 g/mol. The number of benzene rings is 2. The number of nitrogens with zero attached hydrogens (tertiary/aromatic N) is 4. The first-order chi connectivity index (χ1) is 19.9. The molecule has 3 aromatic rings. The molecule has 0 radical (unpaired) electrons. The number of amides is 2. The average Bonchev–Trinajstić information content (AvgIpc) is 2.99. The summed E-state index contributed by atoms with van der Waals surface area (Å²) in [6.45, 7) is 4.65. The third-order valence-electron chi connectivity index (χ3n) is 6.98. The zero-order chi connectivity index (χ0) is 29.2. The van der Waals surface area contributed by atoms with Crippen molar-refractivity contribution >= 4 is 22.6 Å². The van der Waals surface area contributed by atoms with Crippen molar-refractivity contribution in [1.29, 1.82) is 0 Å². The van der Waals surface area contributed by atoms with Gasteiger partial charge in [-0.1, -0.05) is 24.3 Å². The monoisotopic (exact) mass is 568 g/mol. The van der Waals surface area contributed by atoms with Crippen molar-refractivity contribution in [2.45, 2.75) is 6.42 Å². The molecule has 11 nitrogen and oxygen atoms in total. The summed E-state index contributed by atoms with van der Waals surface area (Å²) in [7, 11) is 1.85. The molecule has 4 rings (SSSR count). The largest absolute Gasteiger partial charge is 0.378 e. The third-order valence-corrected chi connectivity index (χ3v) is 6.98. The number of H-pyrrole nitrogens is 1. The molecule has 220 valence electrons. The van der Waals surface area contributed by atoms with E-state index in [9.17, 15) is 18.8 Å². The Labute approximate surface area is 238 Å². The van der Waals surface area contributed by atoms with E-state index in [0.717, 1.165) is 0 Å². The SMILES string of the molecule is CN(CCOCCOCCN)CC(=O)N1CCN(C(=O)c2cc(Cc3n[nH]c(=O)c4ccccc34)ccc2F)CC1. The summed E-state index contributed by atoms with van der Waals surface area (Å²) in [5.41, 5.74) is 6.39. The summed E-state index contributed by atoms with van der Waals surface area (Å²) in [5, 5.41) is 7.92. The molecule has 1 aromatic heterocycles. The molecule has 41 heavy (non-hydrogen) atoms. The Bertz CT molecular complexity index is 1390. The van der Waals surface area contributed by atoms with E-state index in [0.29, 0.717) is 94.1 Å². The number of carbonyl (C=O) groups is 2. The number of likely N-dealkylation sites (N-methyl/N-ethyl adjacent to an activating group) is 1. The van der Waals surface area contributed by atoms with Crippen molar-refractivity contribution in [2.75, 3.05) is 79.3 Å². The summed E-state index contributed by atoms with van der Waals surface area (Å²) in [4.78, 5) is 43.3. The van der Waals surface area contributed by atoms with Crippen molar-refractivity contribution < 1.29 is 23.5 Å². The number of ether oxygens (including phenoxy) is 2. The lowest BCUT2D eigenvalue weighted by Crippen LogP contribution is -2.52. The van der Waals surface area contributed by atoms with Crippen LogP contribution in [0.3, 0.4) is 0 Å². The van der Waals surface area contributed by atoms with Crippen molar-refractivity contribution in [3.8, 4) is 0 Å². The molecule has 0 bridgehead atoms. The molecule has 1 aliphatic rings. The Kier molecular flexibility index (Phi) is 10.9. The number of rotatable bonds is 13. The molecule has 1 aliphatic heterocycles. The van der Waals surface area contributed by atoms with Gasteiger partial charge in [0.1, 0.15) is 5.82 Å².